The Bertz CT molecular complexity index is 396. The molecule has 1 atom stereocenters. The van der Waals surface area contributed by atoms with E-state index >= 15 is 0 Å². The molecule has 0 amide bonds. The molecule has 0 fully saturated rings. The van der Waals surface area contributed by atoms with Gasteiger partial charge < -0.3 is 14.8 Å². The minimum atomic E-state index is 0.361. The standard InChI is InChI=1S/C17H30N2O2/c1-14(2)10-18-11-16(13-20-4)19(3)12-15-7-6-8-17(9-15)21-5/h6-9,14,16,18H,10-13H2,1-5H3. The van der Waals surface area contributed by atoms with Crippen molar-refractivity contribution in [3.63, 3.8) is 0 Å². The normalized spacial score (nSPS) is 12.9. The van der Waals surface area contributed by atoms with Crippen molar-refractivity contribution in [2.75, 3.05) is 41.0 Å². The van der Waals surface area contributed by atoms with Crippen LogP contribution in [-0.2, 0) is 11.3 Å². The second-order valence-electron chi connectivity index (χ2n) is 5.93. The minimum absolute atomic E-state index is 0.361. The van der Waals surface area contributed by atoms with Gasteiger partial charge in [0, 0.05) is 26.2 Å². The van der Waals surface area contributed by atoms with Crippen molar-refractivity contribution in [1.82, 2.24) is 10.2 Å². The quantitative estimate of drug-likeness (QED) is 0.718. The molecule has 120 valence electrons. The van der Waals surface area contributed by atoms with Crippen molar-refractivity contribution in [3.8, 4) is 5.75 Å². The fourth-order valence-electron chi connectivity index (χ4n) is 2.26. The summed E-state index contributed by atoms with van der Waals surface area (Å²) in [6.45, 7) is 8.02. The first kappa shape index (κ1) is 18.0. The number of rotatable bonds is 10. The van der Waals surface area contributed by atoms with Crippen molar-refractivity contribution in [3.05, 3.63) is 29.8 Å². The van der Waals surface area contributed by atoms with E-state index in [2.05, 4.69) is 43.2 Å². The van der Waals surface area contributed by atoms with E-state index in [-0.39, 0.29) is 0 Å². The molecule has 0 saturated carbocycles. The molecule has 4 heteroatoms. The Balaban J connectivity index is 2.56. The zero-order chi connectivity index (χ0) is 15.7. The monoisotopic (exact) mass is 294 g/mol. The van der Waals surface area contributed by atoms with Gasteiger partial charge in [-0.25, -0.2) is 0 Å². The Kier molecular flexibility index (Phi) is 8.35. The maximum Gasteiger partial charge on any atom is 0.119 e. The van der Waals surface area contributed by atoms with Crippen LogP contribution in [-0.4, -0.2) is 51.9 Å². The molecule has 1 aromatic carbocycles. The SMILES string of the molecule is COCC(CNCC(C)C)N(C)Cc1cccc(OC)c1. The van der Waals surface area contributed by atoms with Crippen molar-refractivity contribution in [2.24, 2.45) is 5.92 Å². The molecule has 0 aliphatic rings. The predicted octanol–water partition coefficient (Wildman–Crippen LogP) is 2.39. The zero-order valence-electron chi connectivity index (χ0n) is 14.1. The van der Waals surface area contributed by atoms with Crippen LogP contribution < -0.4 is 10.1 Å². The van der Waals surface area contributed by atoms with Crippen molar-refractivity contribution >= 4 is 0 Å². The van der Waals surface area contributed by atoms with E-state index in [9.17, 15) is 0 Å². The van der Waals surface area contributed by atoms with E-state index in [4.69, 9.17) is 9.47 Å². The van der Waals surface area contributed by atoms with E-state index in [1.165, 1.54) is 5.56 Å². The number of hydrogen-bond donors (Lipinski definition) is 1. The van der Waals surface area contributed by atoms with Gasteiger partial charge in [0.15, 0.2) is 0 Å². The average Bonchev–Trinajstić information content (AvgIpc) is 2.46. The first-order valence-electron chi connectivity index (χ1n) is 7.59. The lowest BCUT2D eigenvalue weighted by atomic mass is 10.1. The van der Waals surface area contributed by atoms with Gasteiger partial charge in [-0.05, 0) is 37.2 Å². The minimum Gasteiger partial charge on any atom is -0.497 e. The number of nitrogens with zero attached hydrogens (tertiary/aromatic N) is 1. The second-order valence-corrected chi connectivity index (χ2v) is 5.93. The van der Waals surface area contributed by atoms with Crippen molar-refractivity contribution in [2.45, 2.75) is 26.4 Å². The molecule has 0 aromatic heterocycles. The molecule has 1 N–H and O–H groups in total. The van der Waals surface area contributed by atoms with Gasteiger partial charge in [-0.15, -0.1) is 0 Å². The Morgan fingerprint density at radius 3 is 2.57 bits per heavy atom. The molecule has 4 nitrogen and oxygen atoms in total. The molecule has 0 radical (unpaired) electrons. The van der Waals surface area contributed by atoms with Gasteiger partial charge in [0.05, 0.1) is 13.7 Å². The molecule has 0 aliphatic carbocycles. The molecule has 0 bridgehead atoms. The summed E-state index contributed by atoms with van der Waals surface area (Å²) in [6, 6.07) is 8.58. The Morgan fingerprint density at radius 1 is 1.19 bits per heavy atom. The van der Waals surface area contributed by atoms with E-state index < -0.39 is 0 Å². The number of benzene rings is 1. The maximum absolute atomic E-state index is 5.36. The molecule has 1 rings (SSSR count). The molecule has 0 heterocycles. The first-order valence-corrected chi connectivity index (χ1v) is 7.59. The summed E-state index contributed by atoms with van der Waals surface area (Å²) in [5, 5.41) is 3.51. The Morgan fingerprint density at radius 2 is 1.95 bits per heavy atom. The molecule has 1 unspecified atom stereocenters. The van der Waals surface area contributed by atoms with Crippen LogP contribution in [0.4, 0.5) is 0 Å². The fraction of sp³-hybridized carbons (Fsp3) is 0.647. The number of likely N-dealkylation sites (N-methyl/N-ethyl adjacent to an activating group) is 1. The smallest absolute Gasteiger partial charge is 0.119 e. The van der Waals surface area contributed by atoms with Crippen LogP contribution >= 0.6 is 0 Å². The highest BCUT2D eigenvalue weighted by Crippen LogP contribution is 2.14. The van der Waals surface area contributed by atoms with Crippen molar-refractivity contribution < 1.29 is 9.47 Å². The van der Waals surface area contributed by atoms with Crippen LogP contribution in [0.5, 0.6) is 5.75 Å². The third-order valence-corrected chi connectivity index (χ3v) is 3.48. The number of hydrogen-bond acceptors (Lipinski definition) is 4. The van der Waals surface area contributed by atoms with E-state index in [1.807, 2.05) is 12.1 Å². The maximum atomic E-state index is 5.36. The number of nitrogens with one attached hydrogen (secondary N) is 1. The van der Waals surface area contributed by atoms with Gasteiger partial charge in [-0.3, -0.25) is 4.90 Å². The first-order chi connectivity index (χ1) is 10.1. The van der Waals surface area contributed by atoms with Crippen LogP contribution in [0.25, 0.3) is 0 Å². The highest BCUT2D eigenvalue weighted by Gasteiger charge is 2.15. The van der Waals surface area contributed by atoms with Crippen LogP contribution in [0.3, 0.4) is 0 Å². The van der Waals surface area contributed by atoms with Crippen molar-refractivity contribution in [1.29, 1.82) is 0 Å². The van der Waals surface area contributed by atoms with E-state index in [0.29, 0.717) is 12.0 Å². The van der Waals surface area contributed by atoms with Crippen LogP contribution in [0.1, 0.15) is 19.4 Å². The molecular weight excluding hydrogens is 264 g/mol. The molecule has 0 saturated heterocycles. The lowest BCUT2D eigenvalue weighted by molar-refractivity contribution is 0.101. The lowest BCUT2D eigenvalue weighted by Crippen LogP contribution is -2.43. The summed E-state index contributed by atoms with van der Waals surface area (Å²) in [4.78, 5) is 2.33. The highest BCUT2D eigenvalue weighted by molar-refractivity contribution is 5.28. The average molecular weight is 294 g/mol. The van der Waals surface area contributed by atoms with Crippen LogP contribution in [0, 0.1) is 5.92 Å². The molecule has 1 aromatic rings. The summed E-state index contributed by atoms with van der Waals surface area (Å²) in [5.74, 6) is 1.57. The van der Waals surface area contributed by atoms with E-state index in [1.54, 1.807) is 14.2 Å². The number of methoxy groups -OCH3 is 2. The van der Waals surface area contributed by atoms with Gasteiger partial charge in [-0.2, -0.15) is 0 Å². The Hall–Kier alpha value is -1.10. The lowest BCUT2D eigenvalue weighted by Gasteiger charge is -2.28. The largest absolute Gasteiger partial charge is 0.497 e. The topological polar surface area (TPSA) is 33.7 Å². The Labute approximate surface area is 129 Å². The number of ether oxygens (including phenoxy) is 2. The second kappa shape index (κ2) is 9.77. The third kappa shape index (κ3) is 6.93. The van der Waals surface area contributed by atoms with E-state index in [0.717, 1.165) is 32.0 Å². The zero-order valence-corrected chi connectivity index (χ0v) is 14.1. The van der Waals surface area contributed by atoms with Crippen LogP contribution in [0.2, 0.25) is 0 Å². The highest BCUT2D eigenvalue weighted by atomic mass is 16.5. The fourth-order valence-corrected chi connectivity index (χ4v) is 2.26. The van der Waals surface area contributed by atoms with Crippen LogP contribution in [0.15, 0.2) is 24.3 Å². The van der Waals surface area contributed by atoms with Gasteiger partial charge in [0.1, 0.15) is 5.75 Å². The van der Waals surface area contributed by atoms with Gasteiger partial charge >= 0.3 is 0 Å². The van der Waals surface area contributed by atoms with Gasteiger partial charge in [-0.1, -0.05) is 26.0 Å². The molecule has 0 aliphatic heterocycles. The van der Waals surface area contributed by atoms with Gasteiger partial charge in [0.25, 0.3) is 0 Å². The summed E-state index contributed by atoms with van der Waals surface area (Å²) < 4.78 is 10.6. The summed E-state index contributed by atoms with van der Waals surface area (Å²) in [7, 11) is 5.60. The predicted molar refractivity (Wildman–Crippen MR) is 87.8 cm³/mol. The summed E-state index contributed by atoms with van der Waals surface area (Å²) in [6.07, 6.45) is 0. The third-order valence-electron chi connectivity index (χ3n) is 3.48. The summed E-state index contributed by atoms with van der Waals surface area (Å²) >= 11 is 0. The molecule has 0 spiro atoms. The summed E-state index contributed by atoms with van der Waals surface area (Å²) in [5.41, 5.74) is 1.25. The molecular formula is C17H30N2O2. The molecule has 21 heavy (non-hydrogen) atoms. The van der Waals surface area contributed by atoms with Gasteiger partial charge in [0.2, 0.25) is 0 Å².